The largest absolute Gasteiger partial charge is 0.370 e. The van der Waals surface area contributed by atoms with Gasteiger partial charge in [-0.2, -0.15) is 8.42 Å². The number of nitrogens with two attached hydrogens (primary N) is 1. The van der Waals surface area contributed by atoms with Gasteiger partial charge in [-0.1, -0.05) is 22.0 Å². The van der Waals surface area contributed by atoms with Gasteiger partial charge in [0.15, 0.2) is 0 Å². The van der Waals surface area contributed by atoms with E-state index in [1.54, 1.807) is 12.1 Å². The summed E-state index contributed by atoms with van der Waals surface area (Å²) in [5, 5.41) is 0. The molecule has 0 radical (unpaired) electrons. The van der Waals surface area contributed by atoms with Crippen molar-refractivity contribution in [1.82, 2.24) is 0 Å². The van der Waals surface area contributed by atoms with Crippen LogP contribution < -0.4 is 5.73 Å². The Bertz CT molecular complexity index is 516. The number of primary amides is 1. The number of rotatable bonds is 7. The highest BCUT2D eigenvalue weighted by Crippen LogP contribution is 2.18. The van der Waals surface area contributed by atoms with E-state index in [4.69, 9.17) is 9.92 Å². The van der Waals surface area contributed by atoms with Crippen molar-refractivity contribution < 1.29 is 17.4 Å². The van der Waals surface area contributed by atoms with Gasteiger partial charge in [-0.05, 0) is 31.0 Å². The Morgan fingerprint density at radius 3 is 2.67 bits per heavy atom. The highest BCUT2D eigenvalue weighted by Gasteiger charge is 2.14. The summed E-state index contributed by atoms with van der Waals surface area (Å²) < 4.78 is 29.0. The first-order valence-electron chi connectivity index (χ1n) is 5.35. The van der Waals surface area contributed by atoms with Crippen molar-refractivity contribution in [2.24, 2.45) is 5.73 Å². The normalized spacial score (nSPS) is 11.4. The molecular formula is C11H14BrNO4S. The lowest BCUT2D eigenvalue weighted by atomic mass is 10.2. The van der Waals surface area contributed by atoms with Gasteiger partial charge in [0.25, 0.3) is 10.1 Å². The lowest BCUT2D eigenvalue weighted by molar-refractivity contribution is -0.118. The molecule has 1 aromatic rings. The fraction of sp³-hybridized carbons (Fsp3) is 0.364. The highest BCUT2D eigenvalue weighted by molar-refractivity contribution is 9.10. The number of hydrogen-bond donors (Lipinski definition) is 1. The topological polar surface area (TPSA) is 86.5 Å². The van der Waals surface area contributed by atoms with E-state index in [-0.39, 0.29) is 17.9 Å². The summed E-state index contributed by atoms with van der Waals surface area (Å²) in [5.41, 5.74) is 4.96. The minimum absolute atomic E-state index is 0.0438. The molecule has 0 fully saturated rings. The molecule has 2 N–H and O–H groups in total. The molecule has 5 nitrogen and oxygen atoms in total. The summed E-state index contributed by atoms with van der Waals surface area (Å²) in [6, 6.07) is 6.28. The molecule has 1 amide bonds. The van der Waals surface area contributed by atoms with Gasteiger partial charge in [0.2, 0.25) is 5.91 Å². The smallest absolute Gasteiger partial charge is 0.297 e. The van der Waals surface area contributed by atoms with E-state index >= 15 is 0 Å². The maximum Gasteiger partial charge on any atom is 0.297 e. The number of hydrogen-bond acceptors (Lipinski definition) is 4. The molecule has 0 unspecified atom stereocenters. The Kier molecular flexibility index (Phi) is 5.77. The van der Waals surface area contributed by atoms with E-state index in [0.29, 0.717) is 17.3 Å². The zero-order valence-corrected chi connectivity index (χ0v) is 12.0. The summed E-state index contributed by atoms with van der Waals surface area (Å²) in [7, 11) is -3.73. The third-order valence-corrected chi connectivity index (χ3v) is 3.94. The van der Waals surface area contributed by atoms with E-state index in [2.05, 4.69) is 15.9 Å². The van der Waals surface area contributed by atoms with Crippen LogP contribution in [0.25, 0.3) is 0 Å². The molecule has 0 saturated heterocycles. The average molecular weight is 336 g/mol. The van der Waals surface area contributed by atoms with Gasteiger partial charge in [0.1, 0.15) is 0 Å². The minimum atomic E-state index is -3.73. The van der Waals surface area contributed by atoms with Crippen LogP contribution in [0.1, 0.15) is 19.3 Å². The van der Waals surface area contributed by atoms with Gasteiger partial charge in [-0.3, -0.25) is 8.98 Å². The van der Waals surface area contributed by atoms with E-state index in [0.717, 1.165) is 0 Å². The molecule has 0 spiro atoms. The first-order chi connectivity index (χ1) is 8.42. The second-order valence-corrected chi connectivity index (χ2v) is 6.19. The summed E-state index contributed by atoms with van der Waals surface area (Å²) in [4.78, 5) is 10.6. The fourth-order valence-corrected chi connectivity index (χ4v) is 2.80. The Morgan fingerprint density at radius 2 is 2.06 bits per heavy atom. The third-order valence-electron chi connectivity index (χ3n) is 2.14. The molecule has 0 heterocycles. The first kappa shape index (κ1) is 15.1. The summed E-state index contributed by atoms with van der Waals surface area (Å²) in [6.45, 7) is 0.0438. The molecule has 0 aromatic heterocycles. The Morgan fingerprint density at radius 1 is 1.33 bits per heavy atom. The molecule has 7 heteroatoms. The van der Waals surface area contributed by atoms with Gasteiger partial charge in [-0.25, -0.2) is 0 Å². The number of carbonyl (C=O) groups is 1. The lowest BCUT2D eigenvalue weighted by Gasteiger charge is -2.05. The van der Waals surface area contributed by atoms with Crippen molar-refractivity contribution in [2.45, 2.75) is 24.2 Å². The summed E-state index contributed by atoms with van der Waals surface area (Å²) in [6.07, 6.45) is 1.22. The van der Waals surface area contributed by atoms with E-state index in [9.17, 15) is 13.2 Å². The van der Waals surface area contributed by atoms with E-state index < -0.39 is 16.0 Å². The van der Waals surface area contributed by atoms with Crippen LogP contribution in [0.5, 0.6) is 0 Å². The summed E-state index contributed by atoms with van der Waals surface area (Å²) >= 11 is 3.19. The van der Waals surface area contributed by atoms with Crippen LogP contribution in [-0.2, 0) is 19.1 Å². The lowest BCUT2D eigenvalue weighted by Crippen LogP contribution is -2.11. The van der Waals surface area contributed by atoms with Crippen molar-refractivity contribution in [3.63, 3.8) is 0 Å². The molecule has 0 aliphatic heterocycles. The molecular weight excluding hydrogens is 322 g/mol. The first-order valence-corrected chi connectivity index (χ1v) is 7.55. The van der Waals surface area contributed by atoms with Crippen molar-refractivity contribution >= 4 is 32.0 Å². The third kappa shape index (κ3) is 5.16. The number of carbonyl (C=O) groups excluding carboxylic acids is 1. The van der Waals surface area contributed by atoms with Crippen LogP contribution in [0.15, 0.2) is 33.6 Å². The molecule has 0 aliphatic carbocycles. The van der Waals surface area contributed by atoms with E-state index in [1.807, 2.05) is 0 Å². The number of benzene rings is 1. The van der Waals surface area contributed by atoms with Crippen molar-refractivity contribution in [2.75, 3.05) is 6.61 Å². The monoisotopic (exact) mass is 335 g/mol. The van der Waals surface area contributed by atoms with Crippen LogP contribution >= 0.6 is 15.9 Å². The van der Waals surface area contributed by atoms with Gasteiger partial charge >= 0.3 is 0 Å². The SMILES string of the molecule is NC(=O)CCCCOS(=O)(=O)c1cccc(Br)c1. The van der Waals surface area contributed by atoms with Crippen molar-refractivity contribution in [3.8, 4) is 0 Å². The predicted octanol–water partition coefficient (Wildman–Crippen LogP) is 1.81. The number of unbranched alkanes of at least 4 members (excludes halogenated alkanes) is 1. The van der Waals surface area contributed by atoms with Crippen LogP contribution in [0.3, 0.4) is 0 Å². The number of amides is 1. The quantitative estimate of drug-likeness (QED) is 0.608. The molecule has 18 heavy (non-hydrogen) atoms. The second kappa shape index (κ2) is 6.86. The Hall–Kier alpha value is -0.920. The van der Waals surface area contributed by atoms with Gasteiger partial charge in [0.05, 0.1) is 11.5 Å². The van der Waals surface area contributed by atoms with Gasteiger partial charge < -0.3 is 5.73 Å². The fourth-order valence-electron chi connectivity index (χ4n) is 1.26. The number of halogens is 1. The van der Waals surface area contributed by atoms with Crippen LogP contribution in [0.2, 0.25) is 0 Å². The highest BCUT2D eigenvalue weighted by atomic mass is 79.9. The zero-order chi connectivity index (χ0) is 13.6. The minimum Gasteiger partial charge on any atom is -0.370 e. The van der Waals surface area contributed by atoms with Crippen LogP contribution in [-0.4, -0.2) is 20.9 Å². The molecule has 1 rings (SSSR count). The maximum atomic E-state index is 11.7. The van der Waals surface area contributed by atoms with Crippen molar-refractivity contribution in [1.29, 1.82) is 0 Å². The molecule has 0 atom stereocenters. The Balaban J connectivity index is 2.48. The van der Waals surface area contributed by atoms with Gasteiger partial charge in [-0.15, -0.1) is 0 Å². The van der Waals surface area contributed by atoms with E-state index in [1.165, 1.54) is 12.1 Å². The molecule has 100 valence electrons. The van der Waals surface area contributed by atoms with Crippen molar-refractivity contribution in [3.05, 3.63) is 28.7 Å². The Labute approximate surface area is 115 Å². The zero-order valence-electron chi connectivity index (χ0n) is 9.63. The average Bonchev–Trinajstić information content (AvgIpc) is 2.28. The standard InChI is InChI=1S/C11H14BrNO4S/c12-9-4-3-5-10(8-9)18(15,16)17-7-2-1-6-11(13)14/h3-5,8H,1-2,6-7H2,(H2,13,14). The van der Waals surface area contributed by atoms with Crippen LogP contribution in [0.4, 0.5) is 0 Å². The molecule has 1 aromatic carbocycles. The van der Waals surface area contributed by atoms with Gasteiger partial charge in [0, 0.05) is 10.9 Å². The maximum absolute atomic E-state index is 11.7. The van der Waals surface area contributed by atoms with Crippen LogP contribution in [0, 0.1) is 0 Å². The molecule has 0 aliphatic rings. The molecule has 0 saturated carbocycles. The molecule has 0 bridgehead atoms. The second-order valence-electron chi connectivity index (χ2n) is 3.66. The summed E-state index contributed by atoms with van der Waals surface area (Å²) in [5.74, 6) is -0.398. The predicted molar refractivity (Wildman–Crippen MR) is 70.3 cm³/mol.